The predicted octanol–water partition coefficient (Wildman–Crippen LogP) is 4.10. The molecule has 7 nitrogen and oxygen atoms in total. The van der Waals surface area contributed by atoms with Crippen molar-refractivity contribution in [2.45, 2.75) is 31.0 Å². The molecule has 2 heterocycles. The number of methoxy groups -OCH3 is 1. The molecule has 1 amide bonds. The number of carbonyl (C=O) groups is 1. The van der Waals surface area contributed by atoms with Crippen molar-refractivity contribution in [2.24, 2.45) is 0 Å². The Morgan fingerprint density at radius 1 is 1.03 bits per heavy atom. The van der Waals surface area contributed by atoms with E-state index in [2.05, 4.69) is 10.2 Å². The fourth-order valence-corrected chi connectivity index (χ4v) is 4.41. The highest BCUT2D eigenvalue weighted by molar-refractivity contribution is 7.99. The summed E-state index contributed by atoms with van der Waals surface area (Å²) in [6.45, 7) is 1.68. The van der Waals surface area contributed by atoms with Crippen molar-refractivity contribution in [1.29, 1.82) is 0 Å². The molecule has 0 N–H and O–H groups in total. The molecule has 0 radical (unpaired) electrons. The molecule has 1 aliphatic heterocycles. The van der Waals surface area contributed by atoms with Crippen molar-refractivity contribution in [3.63, 3.8) is 0 Å². The van der Waals surface area contributed by atoms with E-state index in [1.807, 2.05) is 4.90 Å². The number of hydrogen-bond donors (Lipinski definition) is 0. The summed E-state index contributed by atoms with van der Waals surface area (Å²) >= 11 is 1.26. The fraction of sp³-hybridized carbons (Fsp3) is 0.348. The average Bonchev–Trinajstić information content (AvgIpc) is 3.25. The summed E-state index contributed by atoms with van der Waals surface area (Å²) in [7, 11) is 1.60. The van der Waals surface area contributed by atoms with E-state index in [0.717, 1.165) is 38.1 Å². The Morgan fingerprint density at radius 2 is 1.75 bits per heavy atom. The Kier molecular flexibility index (Phi) is 7.26. The molecule has 1 aromatic heterocycles. The van der Waals surface area contributed by atoms with Crippen LogP contribution in [0.25, 0.3) is 5.69 Å². The number of halogens is 1. The van der Waals surface area contributed by atoms with Gasteiger partial charge in [0.05, 0.1) is 18.6 Å². The minimum absolute atomic E-state index is 0.0637. The maximum Gasteiger partial charge on any atom is 0.233 e. The van der Waals surface area contributed by atoms with Crippen LogP contribution in [0, 0.1) is 5.82 Å². The summed E-state index contributed by atoms with van der Waals surface area (Å²) in [5.41, 5.74) is 0.318. The first-order chi connectivity index (χ1) is 15.7. The van der Waals surface area contributed by atoms with Gasteiger partial charge in [0.15, 0.2) is 11.0 Å². The zero-order valence-electron chi connectivity index (χ0n) is 17.9. The molecule has 0 bridgehead atoms. The molecule has 0 atom stereocenters. The first-order valence-electron chi connectivity index (χ1n) is 10.5. The lowest BCUT2D eigenvalue weighted by molar-refractivity contribution is -0.129. The normalized spacial score (nSPS) is 13.8. The van der Waals surface area contributed by atoms with Crippen LogP contribution in [0.3, 0.4) is 0 Å². The number of aromatic nitrogens is 3. The van der Waals surface area contributed by atoms with Crippen molar-refractivity contribution in [3.8, 4) is 17.2 Å². The van der Waals surface area contributed by atoms with Crippen LogP contribution >= 0.6 is 11.8 Å². The summed E-state index contributed by atoms with van der Waals surface area (Å²) in [5.74, 6) is 1.69. The molecule has 32 heavy (non-hydrogen) atoms. The van der Waals surface area contributed by atoms with Gasteiger partial charge in [-0.3, -0.25) is 9.36 Å². The number of nitrogens with zero attached hydrogens (tertiary/aromatic N) is 4. The van der Waals surface area contributed by atoms with Gasteiger partial charge in [0.2, 0.25) is 5.91 Å². The number of benzene rings is 2. The Bertz CT molecular complexity index is 1050. The van der Waals surface area contributed by atoms with E-state index in [9.17, 15) is 9.18 Å². The molecule has 2 aromatic carbocycles. The highest BCUT2D eigenvalue weighted by atomic mass is 32.2. The summed E-state index contributed by atoms with van der Waals surface area (Å²) in [5, 5.41) is 8.91. The van der Waals surface area contributed by atoms with E-state index in [0.29, 0.717) is 22.4 Å². The van der Waals surface area contributed by atoms with E-state index < -0.39 is 5.82 Å². The molecular formula is C23H25FN4O3S. The first kappa shape index (κ1) is 22.1. The first-order valence-corrected chi connectivity index (χ1v) is 11.5. The highest BCUT2D eigenvalue weighted by Crippen LogP contribution is 2.26. The zero-order valence-corrected chi connectivity index (χ0v) is 18.7. The molecule has 0 saturated carbocycles. The monoisotopic (exact) mass is 456 g/mol. The number of piperidine rings is 1. The number of amides is 1. The van der Waals surface area contributed by atoms with Crippen LogP contribution in [0.15, 0.2) is 53.7 Å². The number of likely N-dealkylation sites (tertiary alicyclic amines) is 1. The molecule has 0 aliphatic carbocycles. The van der Waals surface area contributed by atoms with Gasteiger partial charge in [0, 0.05) is 13.1 Å². The van der Waals surface area contributed by atoms with Crippen molar-refractivity contribution in [3.05, 3.63) is 60.2 Å². The van der Waals surface area contributed by atoms with Crippen LogP contribution in [0.5, 0.6) is 11.5 Å². The Morgan fingerprint density at radius 3 is 2.47 bits per heavy atom. The summed E-state index contributed by atoms with van der Waals surface area (Å²) in [6, 6.07) is 13.6. The molecule has 9 heteroatoms. The molecule has 1 fully saturated rings. The maximum atomic E-state index is 14.6. The van der Waals surface area contributed by atoms with Gasteiger partial charge in [-0.1, -0.05) is 23.9 Å². The van der Waals surface area contributed by atoms with Crippen LogP contribution < -0.4 is 9.47 Å². The second-order valence-electron chi connectivity index (χ2n) is 7.38. The second-order valence-corrected chi connectivity index (χ2v) is 8.32. The van der Waals surface area contributed by atoms with Crippen LogP contribution in [-0.2, 0) is 11.4 Å². The van der Waals surface area contributed by atoms with Gasteiger partial charge in [-0.15, -0.1) is 10.2 Å². The number of rotatable bonds is 8. The number of hydrogen-bond acceptors (Lipinski definition) is 6. The van der Waals surface area contributed by atoms with E-state index in [1.165, 1.54) is 17.8 Å². The van der Waals surface area contributed by atoms with Crippen molar-refractivity contribution < 1.29 is 18.7 Å². The Balaban J connectivity index is 1.53. The minimum Gasteiger partial charge on any atom is -0.497 e. The zero-order chi connectivity index (χ0) is 22.3. The molecule has 0 spiro atoms. The lowest BCUT2D eigenvalue weighted by Gasteiger charge is -2.26. The van der Waals surface area contributed by atoms with Crippen LogP contribution in [-0.4, -0.2) is 51.5 Å². The number of thioether (sulfide) groups is 1. The molecule has 4 rings (SSSR count). The Hall–Kier alpha value is -3.07. The number of carbonyl (C=O) groups excluding carboxylic acids is 1. The SMILES string of the molecule is COc1ccc(OCc2nnc(SCC(=O)N3CCCCC3)n2-c2ccccc2F)cc1. The summed E-state index contributed by atoms with van der Waals surface area (Å²) in [6.07, 6.45) is 3.24. The van der Waals surface area contributed by atoms with Gasteiger partial charge in [-0.2, -0.15) is 0 Å². The van der Waals surface area contributed by atoms with E-state index in [1.54, 1.807) is 54.1 Å². The lowest BCUT2D eigenvalue weighted by Crippen LogP contribution is -2.36. The predicted molar refractivity (Wildman–Crippen MR) is 120 cm³/mol. The third kappa shape index (κ3) is 5.21. The molecular weight excluding hydrogens is 431 g/mol. The molecule has 3 aromatic rings. The van der Waals surface area contributed by atoms with E-state index >= 15 is 0 Å². The fourth-order valence-electron chi connectivity index (χ4n) is 3.54. The lowest BCUT2D eigenvalue weighted by atomic mass is 10.1. The second kappa shape index (κ2) is 10.5. The maximum absolute atomic E-state index is 14.6. The van der Waals surface area contributed by atoms with E-state index in [-0.39, 0.29) is 18.3 Å². The van der Waals surface area contributed by atoms with Crippen LogP contribution in [0.2, 0.25) is 0 Å². The standard InChI is InChI=1S/C23H25FN4O3S/c1-30-17-9-11-18(12-10-17)31-15-21-25-26-23(28(21)20-8-4-3-7-19(20)24)32-16-22(29)27-13-5-2-6-14-27/h3-4,7-12H,2,5-6,13-16H2,1H3. The van der Waals surface area contributed by atoms with Crippen molar-refractivity contribution in [1.82, 2.24) is 19.7 Å². The van der Waals surface area contributed by atoms with Crippen LogP contribution in [0.4, 0.5) is 4.39 Å². The van der Waals surface area contributed by atoms with Gasteiger partial charge in [0.25, 0.3) is 0 Å². The smallest absolute Gasteiger partial charge is 0.233 e. The topological polar surface area (TPSA) is 69.5 Å². The molecule has 1 saturated heterocycles. The molecule has 1 aliphatic rings. The molecule has 168 valence electrons. The van der Waals surface area contributed by atoms with Crippen LogP contribution in [0.1, 0.15) is 25.1 Å². The average molecular weight is 457 g/mol. The van der Waals surface area contributed by atoms with Gasteiger partial charge in [-0.05, 0) is 55.7 Å². The van der Waals surface area contributed by atoms with Gasteiger partial charge in [-0.25, -0.2) is 4.39 Å². The summed E-state index contributed by atoms with van der Waals surface area (Å²) in [4.78, 5) is 14.5. The third-order valence-corrected chi connectivity index (χ3v) is 6.17. The number of ether oxygens (including phenoxy) is 2. The van der Waals surface area contributed by atoms with Gasteiger partial charge < -0.3 is 14.4 Å². The molecule has 0 unspecified atom stereocenters. The van der Waals surface area contributed by atoms with Crippen molar-refractivity contribution >= 4 is 17.7 Å². The number of para-hydroxylation sites is 1. The van der Waals surface area contributed by atoms with Gasteiger partial charge >= 0.3 is 0 Å². The highest BCUT2D eigenvalue weighted by Gasteiger charge is 2.21. The summed E-state index contributed by atoms with van der Waals surface area (Å²) < 4.78 is 27.3. The largest absolute Gasteiger partial charge is 0.497 e. The van der Waals surface area contributed by atoms with Crippen molar-refractivity contribution in [2.75, 3.05) is 26.0 Å². The minimum atomic E-state index is -0.401. The van der Waals surface area contributed by atoms with E-state index in [4.69, 9.17) is 9.47 Å². The Labute approximate surface area is 190 Å². The third-order valence-electron chi connectivity index (χ3n) is 5.25. The van der Waals surface area contributed by atoms with Gasteiger partial charge in [0.1, 0.15) is 23.9 Å². The quantitative estimate of drug-likeness (QED) is 0.476.